The van der Waals surface area contributed by atoms with E-state index >= 15 is 0 Å². The number of carbonyl (C=O) groups excluding carboxylic acids is 1. The molecule has 100 valence electrons. The molecule has 0 atom stereocenters. The molecule has 5 nitrogen and oxygen atoms in total. The fourth-order valence-corrected chi connectivity index (χ4v) is 1.71. The van der Waals surface area contributed by atoms with E-state index in [1.807, 2.05) is 12.1 Å². The lowest BCUT2D eigenvalue weighted by Gasteiger charge is -2.13. The Bertz CT molecular complexity index is 562. The SMILES string of the molecule is CN(C)C(=O)c1ccc(NCc2ccoc2)c(N)c1. The number of amides is 1. The lowest BCUT2D eigenvalue weighted by Crippen LogP contribution is -2.21. The van der Waals surface area contributed by atoms with Gasteiger partial charge in [-0.2, -0.15) is 0 Å². The van der Waals surface area contributed by atoms with Gasteiger partial charge in [-0.05, 0) is 24.3 Å². The summed E-state index contributed by atoms with van der Waals surface area (Å²) in [5, 5.41) is 3.20. The summed E-state index contributed by atoms with van der Waals surface area (Å²) in [6, 6.07) is 7.13. The Balaban J connectivity index is 2.09. The Morgan fingerprint density at radius 1 is 1.37 bits per heavy atom. The Kier molecular flexibility index (Phi) is 3.75. The van der Waals surface area contributed by atoms with E-state index < -0.39 is 0 Å². The smallest absolute Gasteiger partial charge is 0.253 e. The third kappa shape index (κ3) is 3.07. The van der Waals surface area contributed by atoms with E-state index in [0.29, 0.717) is 17.8 Å². The van der Waals surface area contributed by atoms with Crippen LogP contribution in [-0.2, 0) is 6.54 Å². The number of hydrogen-bond acceptors (Lipinski definition) is 4. The molecule has 5 heteroatoms. The second-order valence-corrected chi connectivity index (χ2v) is 4.49. The van der Waals surface area contributed by atoms with Crippen LogP contribution in [-0.4, -0.2) is 24.9 Å². The molecule has 1 heterocycles. The van der Waals surface area contributed by atoms with Crippen LogP contribution in [0.1, 0.15) is 15.9 Å². The lowest BCUT2D eigenvalue weighted by atomic mass is 10.1. The zero-order chi connectivity index (χ0) is 13.8. The molecular formula is C14H17N3O2. The predicted molar refractivity (Wildman–Crippen MR) is 74.9 cm³/mol. The van der Waals surface area contributed by atoms with Crippen LogP contribution >= 0.6 is 0 Å². The molecule has 1 amide bonds. The second kappa shape index (κ2) is 5.48. The Labute approximate surface area is 112 Å². The van der Waals surface area contributed by atoms with E-state index in [1.54, 1.807) is 38.8 Å². The van der Waals surface area contributed by atoms with Crippen LogP contribution in [0.2, 0.25) is 0 Å². The molecule has 0 fully saturated rings. The van der Waals surface area contributed by atoms with Gasteiger partial charge in [-0.15, -0.1) is 0 Å². The van der Waals surface area contributed by atoms with Crippen LogP contribution < -0.4 is 11.1 Å². The van der Waals surface area contributed by atoms with Gasteiger partial charge < -0.3 is 20.4 Å². The molecule has 3 N–H and O–H groups in total. The maximum absolute atomic E-state index is 11.8. The van der Waals surface area contributed by atoms with Crippen molar-refractivity contribution in [3.63, 3.8) is 0 Å². The number of nitrogens with two attached hydrogens (primary N) is 1. The van der Waals surface area contributed by atoms with Crippen molar-refractivity contribution in [3.8, 4) is 0 Å². The molecule has 1 aromatic carbocycles. The van der Waals surface area contributed by atoms with Gasteiger partial charge in [-0.25, -0.2) is 0 Å². The van der Waals surface area contributed by atoms with Gasteiger partial charge in [0.15, 0.2) is 0 Å². The average Bonchev–Trinajstić information content (AvgIpc) is 2.89. The number of anilines is 2. The van der Waals surface area contributed by atoms with Crippen LogP contribution in [0.25, 0.3) is 0 Å². The van der Waals surface area contributed by atoms with Crippen LogP contribution in [0.15, 0.2) is 41.2 Å². The molecule has 0 saturated carbocycles. The first-order valence-electron chi connectivity index (χ1n) is 5.94. The van der Waals surface area contributed by atoms with E-state index in [4.69, 9.17) is 10.2 Å². The minimum Gasteiger partial charge on any atom is -0.472 e. The van der Waals surface area contributed by atoms with Gasteiger partial charge in [0.25, 0.3) is 5.91 Å². The molecule has 0 aliphatic rings. The number of carbonyl (C=O) groups is 1. The third-order valence-corrected chi connectivity index (χ3v) is 2.77. The fraction of sp³-hybridized carbons (Fsp3) is 0.214. The number of nitrogens with one attached hydrogen (secondary N) is 1. The van der Waals surface area contributed by atoms with E-state index in [2.05, 4.69) is 5.32 Å². The number of nitrogens with zero attached hydrogens (tertiary/aromatic N) is 1. The zero-order valence-electron chi connectivity index (χ0n) is 11.0. The molecule has 0 spiro atoms. The van der Waals surface area contributed by atoms with Gasteiger partial charge in [-0.3, -0.25) is 4.79 Å². The van der Waals surface area contributed by atoms with Crippen LogP contribution in [0.4, 0.5) is 11.4 Å². The second-order valence-electron chi connectivity index (χ2n) is 4.49. The van der Waals surface area contributed by atoms with Gasteiger partial charge in [0.2, 0.25) is 0 Å². The molecule has 2 rings (SSSR count). The standard InChI is InChI=1S/C14H17N3O2/c1-17(2)14(18)11-3-4-13(12(15)7-11)16-8-10-5-6-19-9-10/h3-7,9,16H,8,15H2,1-2H3. The van der Waals surface area contributed by atoms with Crippen molar-refractivity contribution in [3.05, 3.63) is 47.9 Å². The Morgan fingerprint density at radius 3 is 2.74 bits per heavy atom. The zero-order valence-corrected chi connectivity index (χ0v) is 11.0. The van der Waals surface area contributed by atoms with Crippen LogP contribution in [0.5, 0.6) is 0 Å². The van der Waals surface area contributed by atoms with E-state index in [-0.39, 0.29) is 5.91 Å². The van der Waals surface area contributed by atoms with Gasteiger partial charge in [0.05, 0.1) is 23.9 Å². The van der Waals surface area contributed by atoms with Gasteiger partial charge in [-0.1, -0.05) is 0 Å². The van der Waals surface area contributed by atoms with Crippen LogP contribution in [0, 0.1) is 0 Å². The molecule has 2 aromatic rings. The highest BCUT2D eigenvalue weighted by Gasteiger charge is 2.09. The van der Waals surface area contributed by atoms with Crippen molar-refractivity contribution >= 4 is 17.3 Å². The predicted octanol–water partition coefficient (Wildman–Crippen LogP) is 2.18. The van der Waals surface area contributed by atoms with E-state index in [1.165, 1.54) is 4.90 Å². The van der Waals surface area contributed by atoms with Crippen molar-refractivity contribution in [2.24, 2.45) is 0 Å². The monoisotopic (exact) mass is 259 g/mol. The summed E-state index contributed by atoms with van der Waals surface area (Å²) < 4.78 is 4.99. The molecule has 0 unspecified atom stereocenters. The maximum atomic E-state index is 11.8. The highest BCUT2D eigenvalue weighted by molar-refractivity contribution is 5.95. The van der Waals surface area contributed by atoms with Gasteiger partial charge in [0, 0.05) is 31.8 Å². The first kappa shape index (κ1) is 13.0. The summed E-state index contributed by atoms with van der Waals surface area (Å²) in [5.41, 5.74) is 8.91. The summed E-state index contributed by atoms with van der Waals surface area (Å²) in [6.45, 7) is 0.627. The normalized spacial score (nSPS) is 10.2. The number of hydrogen-bond donors (Lipinski definition) is 2. The number of furan rings is 1. The number of nitrogen functional groups attached to an aromatic ring is 1. The summed E-state index contributed by atoms with van der Waals surface area (Å²) >= 11 is 0. The van der Waals surface area contributed by atoms with Gasteiger partial charge >= 0.3 is 0 Å². The van der Waals surface area contributed by atoms with Crippen molar-refractivity contribution in [1.82, 2.24) is 4.90 Å². The molecule has 0 saturated heterocycles. The van der Waals surface area contributed by atoms with Crippen molar-refractivity contribution in [2.45, 2.75) is 6.54 Å². The first-order chi connectivity index (χ1) is 9.08. The number of benzene rings is 1. The van der Waals surface area contributed by atoms with Gasteiger partial charge in [0.1, 0.15) is 0 Å². The summed E-state index contributed by atoms with van der Waals surface area (Å²) in [6.07, 6.45) is 3.30. The van der Waals surface area contributed by atoms with Crippen molar-refractivity contribution < 1.29 is 9.21 Å². The largest absolute Gasteiger partial charge is 0.472 e. The highest BCUT2D eigenvalue weighted by atomic mass is 16.3. The third-order valence-electron chi connectivity index (χ3n) is 2.77. The number of rotatable bonds is 4. The maximum Gasteiger partial charge on any atom is 0.253 e. The first-order valence-corrected chi connectivity index (χ1v) is 5.94. The minimum atomic E-state index is -0.0620. The molecule has 0 aliphatic carbocycles. The van der Waals surface area contributed by atoms with E-state index in [9.17, 15) is 4.79 Å². The molecule has 19 heavy (non-hydrogen) atoms. The minimum absolute atomic E-state index is 0.0620. The lowest BCUT2D eigenvalue weighted by molar-refractivity contribution is 0.0827. The molecular weight excluding hydrogens is 242 g/mol. The highest BCUT2D eigenvalue weighted by Crippen LogP contribution is 2.21. The topological polar surface area (TPSA) is 71.5 Å². The molecule has 0 radical (unpaired) electrons. The van der Waals surface area contributed by atoms with Crippen molar-refractivity contribution in [1.29, 1.82) is 0 Å². The fourth-order valence-electron chi connectivity index (χ4n) is 1.71. The quantitative estimate of drug-likeness (QED) is 0.825. The van der Waals surface area contributed by atoms with E-state index in [0.717, 1.165) is 11.3 Å². The Morgan fingerprint density at radius 2 is 2.16 bits per heavy atom. The Hall–Kier alpha value is -2.43. The summed E-state index contributed by atoms with van der Waals surface area (Å²) in [4.78, 5) is 13.3. The molecule has 1 aromatic heterocycles. The summed E-state index contributed by atoms with van der Waals surface area (Å²) in [5.74, 6) is -0.0620. The summed E-state index contributed by atoms with van der Waals surface area (Å²) in [7, 11) is 3.42. The molecule has 0 bridgehead atoms. The van der Waals surface area contributed by atoms with Crippen LogP contribution in [0.3, 0.4) is 0 Å². The average molecular weight is 259 g/mol. The van der Waals surface area contributed by atoms with Crippen molar-refractivity contribution in [2.75, 3.05) is 25.1 Å². The molecule has 0 aliphatic heterocycles.